The summed E-state index contributed by atoms with van der Waals surface area (Å²) in [7, 11) is 0. The molecule has 2 rings (SSSR count). The molecule has 0 aromatic heterocycles. The highest BCUT2D eigenvalue weighted by atomic mass is 16.7. The van der Waals surface area contributed by atoms with Crippen LogP contribution in [0.4, 0.5) is 0 Å². The van der Waals surface area contributed by atoms with Crippen molar-refractivity contribution in [1.29, 1.82) is 0 Å². The lowest BCUT2D eigenvalue weighted by Crippen LogP contribution is -2.52. The molecule has 2 fully saturated rings. The van der Waals surface area contributed by atoms with Crippen molar-refractivity contribution in [1.82, 2.24) is 5.32 Å². The first kappa shape index (κ1) is 16.2. The minimum atomic E-state index is -0.353. The summed E-state index contributed by atoms with van der Waals surface area (Å²) in [6.45, 7) is 9.97. The Labute approximate surface area is 123 Å². The van der Waals surface area contributed by atoms with Crippen LogP contribution in [0, 0.1) is 5.92 Å². The Hall–Kier alpha value is -0.160. The summed E-state index contributed by atoms with van der Waals surface area (Å²) in [5.41, 5.74) is 0. The molecule has 0 amide bonds. The van der Waals surface area contributed by atoms with Gasteiger partial charge in [0, 0.05) is 25.5 Å². The van der Waals surface area contributed by atoms with Crippen LogP contribution in [0.5, 0.6) is 0 Å². The lowest BCUT2D eigenvalue weighted by Gasteiger charge is -2.41. The van der Waals surface area contributed by atoms with Crippen LogP contribution in [0.3, 0.4) is 0 Å². The van der Waals surface area contributed by atoms with E-state index >= 15 is 0 Å². The van der Waals surface area contributed by atoms with E-state index in [1.54, 1.807) is 0 Å². The van der Waals surface area contributed by atoms with Crippen LogP contribution in [0.15, 0.2) is 0 Å². The van der Waals surface area contributed by atoms with Crippen molar-refractivity contribution in [3.05, 3.63) is 0 Å². The van der Waals surface area contributed by atoms with Crippen molar-refractivity contribution in [2.24, 2.45) is 5.92 Å². The molecule has 1 aliphatic carbocycles. The molecular formula is C16H31NO3. The van der Waals surface area contributed by atoms with Crippen molar-refractivity contribution < 1.29 is 14.2 Å². The largest absolute Gasteiger partial charge is 0.376 e. The van der Waals surface area contributed by atoms with Gasteiger partial charge in [-0.3, -0.25) is 0 Å². The van der Waals surface area contributed by atoms with Crippen LogP contribution in [-0.2, 0) is 14.2 Å². The highest BCUT2D eigenvalue weighted by molar-refractivity contribution is 4.92. The Morgan fingerprint density at radius 2 is 2.05 bits per heavy atom. The minimum Gasteiger partial charge on any atom is -0.376 e. The van der Waals surface area contributed by atoms with Crippen molar-refractivity contribution >= 4 is 0 Å². The van der Waals surface area contributed by atoms with E-state index in [0.29, 0.717) is 6.04 Å². The van der Waals surface area contributed by atoms with Crippen molar-refractivity contribution in [3.63, 3.8) is 0 Å². The molecule has 2 aliphatic rings. The number of rotatable bonds is 7. The van der Waals surface area contributed by atoms with Crippen molar-refractivity contribution in [2.45, 2.75) is 70.8 Å². The van der Waals surface area contributed by atoms with Gasteiger partial charge in [-0.25, -0.2) is 0 Å². The first-order valence-corrected chi connectivity index (χ1v) is 8.28. The number of likely N-dealkylation sites (N-methyl/N-ethyl adjacent to an activating group) is 1. The molecule has 0 bridgehead atoms. The molecule has 1 N–H and O–H groups in total. The molecule has 0 aromatic carbocycles. The van der Waals surface area contributed by atoms with Gasteiger partial charge in [0.2, 0.25) is 0 Å². The molecular weight excluding hydrogens is 254 g/mol. The molecule has 118 valence electrons. The van der Waals surface area contributed by atoms with Crippen LogP contribution in [0.1, 0.15) is 52.9 Å². The molecule has 1 saturated carbocycles. The molecule has 4 nitrogen and oxygen atoms in total. The van der Waals surface area contributed by atoms with Crippen LogP contribution in [-0.4, -0.2) is 44.3 Å². The Bertz CT molecular complexity index is 277. The van der Waals surface area contributed by atoms with E-state index < -0.39 is 0 Å². The first-order valence-electron chi connectivity index (χ1n) is 8.28. The number of ether oxygens (including phenoxy) is 3. The van der Waals surface area contributed by atoms with E-state index in [2.05, 4.69) is 26.1 Å². The van der Waals surface area contributed by atoms with Gasteiger partial charge in [0.05, 0.1) is 19.3 Å². The summed E-state index contributed by atoms with van der Waals surface area (Å²) < 4.78 is 17.9. The van der Waals surface area contributed by atoms with E-state index in [4.69, 9.17) is 14.2 Å². The Morgan fingerprint density at radius 1 is 1.30 bits per heavy atom. The minimum absolute atomic E-state index is 0.217. The SMILES string of the molecule is CCNC1CCC2(CC1OCCCC(C)C)OCCO2. The molecule has 20 heavy (non-hydrogen) atoms. The van der Waals surface area contributed by atoms with Crippen LogP contribution in [0.25, 0.3) is 0 Å². The van der Waals surface area contributed by atoms with Gasteiger partial charge in [0.1, 0.15) is 0 Å². The fourth-order valence-electron chi connectivity index (χ4n) is 3.27. The summed E-state index contributed by atoms with van der Waals surface area (Å²) >= 11 is 0. The van der Waals surface area contributed by atoms with Gasteiger partial charge in [-0.05, 0) is 31.7 Å². The highest BCUT2D eigenvalue weighted by Crippen LogP contribution is 2.37. The average molecular weight is 285 g/mol. The standard InChI is InChI=1S/C16H31NO3/c1-4-17-14-7-8-16(19-10-11-20-16)12-15(14)18-9-5-6-13(2)3/h13-15,17H,4-12H2,1-3H3. The summed E-state index contributed by atoms with van der Waals surface area (Å²) in [4.78, 5) is 0. The maximum absolute atomic E-state index is 6.16. The van der Waals surface area contributed by atoms with Gasteiger partial charge >= 0.3 is 0 Å². The Kier molecular flexibility index (Phi) is 6.27. The summed E-state index contributed by atoms with van der Waals surface area (Å²) in [6, 6.07) is 0.442. The fourth-order valence-corrected chi connectivity index (χ4v) is 3.27. The second-order valence-electron chi connectivity index (χ2n) is 6.46. The van der Waals surface area contributed by atoms with Gasteiger partial charge in [0.25, 0.3) is 0 Å². The fraction of sp³-hybridized carbons (Fsp3) is 1.00. The number of hydrogen-bond acceptors (Lipinski definition) is 4. The lowest BCUT2D eigenvalue weighted by atomic mass is 9.87. The van der Waals surface area contributed by atoms with E-state index in [1.807, 2.05) is 0 Å². The quantitative estimate of drug-likeness (QED) is 0.730. The van der Waals surface area contributed by atoms with Gasteiger partial charge in [0.15, 0.2) is 5.79 Å². The third-order valence-corrected chi connectivity index (χ3v) is 4.33. The normalized spacial score (nSPS) is 29.4. The zero-order chi connectivity index (χ0) is 14.4. The first-order chi connectivity index (χ1) is 9.65. The summed E-state index contributed by atoms with van der Waals surface area (Å²) in [6.07, 6.45) is 5.51. The lowest BCUT2D eigenvalue weighted by molar-refractivity contribution is -0.207. The molecule has 1 heterocycles. The van der Waals surface area contributed by atoms with Crippen molar-refractivity contribution in [3.8, 4) is 0 Å². The zero-order valence-corrected chi connectivity index (χ0v) is 13.3. The van der Waals surface area contributed by atoms with Gasteiger partial charge in [-0.15, -0.1) is 0 Å². The van der Waals surface area contributed by atoms with Crippen molar-refractivity contribution in [2.75, 3.05) is 26.4 Å². The van der Waals surface area contributed by atoms with Gasteiger partial charge in [-0.1, -0.05) is 20.8 Å². The van der Waals surface area contributed by atoms with Crippen LogP contribution >= 0.6 is 0 Å². The number of nitrogens with one attached hydrogen (secondary N) is 1. The predicted octanol–water partition coefficient (Wildman–Crippen LogP) is 2.71. The molecule has 0 aromatic rings. The van der Waals surface area contributed by atoms with Gasteiger partial charge < -0.3 is 19.5 Å². The summed E-state index contributed by atoms with van der Waals surface area (Å²) in [5, 5.41) is 3.55. The third kappa shape index (κ3) is 4.42. The zero-order valence-electron chi connectivity index (χ0n) is 13.3. The molecule has 0 radical (unpaired) electrons. The molecule has 1 spiro atoms. The molecule has 2 unspecified atom stereocenters. The molecule has 1 saturated heterocycles. The van der Waals surface area contributed by atoms with E-state index in [1.165, 1.54) is 6.42 Å². The Morgan fingerprint density at radius 3 is 2.70 bits per heavy atom. The van der Waals surface area contributed by atoms with Crippen LogP contribution < -0.4 is 5.32 Å². The second-order valence-corrected chi connectivity index (χ2v) is 6.46. The maximum Gasteiger partial charge on any atom is 0.171 e. The second kappa shape index (κ2) is 7.74. The van der Waals surface area contributed by atoms with E-state index in [-0.39, 0.29) is 11.9 Å². The third-order valence-electron chi connectivity index (χ3n) is 4.33. The van der Waals surface area contributed by atoms with E-state index in [0.717, 1.165) is 58.0 Å². The van der Waals surface area contributed by atoms with E-state index in [9.17, 15) is 0 Å². The monoisotopic (exact) mass is 285 g/mol. The topological polar surface area (TPSA) is 39.7 Å². The predicted molar refractivity (Wildman–Crippen MR) is 79.8 cm³/mol. The summed E-state index contributed by atoms with van der Waals surface area (Å²) in [5.74, 6) is 0.400. The molecule has 1 aliphatic heterocycles. The number of hydrogen-bond donors (Lipinski definition) is 1. The van der Waals surface area contributed by atoms with Gasteiger partial charge in [-0.2, -0.15) is 0 Å². The van der Waals surface area contributed by atoms with Crippen LogP contribution in [0.2, 0.25) is 0 Å². The molecule has 4 heteroatoms. The maximum atomic E-state index is 6.16. The average Bonchev–Trinajstić information content (AvgIpc) is 2.86. The Balaban J connectivity index is 1.82. The smallest absolute Gasteiger partial charge is 0.171 e. The highest BCUT2D eigenvalue weighted by Gasteiger charge is 2.45. The molecule has 2 atom stereocenters.